The van der Waals surface area contributed by atoms with Crippen LogP contribution in [0.3, 0.4) is 0 Å². The molecule has 0 aromatic heterocycles. The molecule has 0 aliphatic carbocycles. The summed E-state index contributed by atoms with van der Waals surface area (Å²) in [5, 5.41) is 10.7. The lowest BCUT2D eigenvalue weighted by atomic mass is 10.1. The number of hydrogen-bond donors (Lipinski definition) is 1. The first-order valence-electron chi connectivity index (χ1n) is 31.0. The molecule has 0 aliphatic heterocycles. The summed E-state index contributed by atoms with van der Waals surface area (Å²) >= 11 is 2.40. The first-order chi connectivity index (χ1) is 35.7. The molecule has 0 fully saturated rings. The van der Waals surface area contributed by atoms with Crippen molar-refractivity contribution in [3.63, 3.8) is 0 Å². The molecule has 5 nitrogen and oxygen atoms in total. The van der Waals surface area contributed by atoms with Crippen LogP contribution in [0.1, 0.15) is 315 Å². The van der Waals surface area contributed by atoms with E-state index in [9.17, 15) is 5.11 Å². The van der Waals surface area contributed by atoms with Crippen LogP contribution < -0.4 is 18.9 Å². The third kappa shape index (κ3) is 37.0. The van der Waals surface area contributed by atoms with Crippen molar-refractivity contribution in [1.29, 1.82) is 0 Å². The second kappa shape index (κ2) is 46.7. The fourth-order valence-corrected chi connectivity index (χ4v) is 9.89. The van der Waals surface area contributed by atoms with Gasteiger partial charge in [0.15, 0.2) is 0 Å². The minimum atomic E-state index is -1.15. The van der Waals surface area contributed by atoms with Crippen LogP contribution in [0.5, 0.6) is 23.0 Å². The largest absolute Gasteiger partial charge is 0.492 e. The van der Waals surface area contributed by atoms with Crippen molar-refractivity contribution < 1.29 is 24.1 Å². The molecular formula is C67H111IO5. The molecule has 2 rings (SSSR count). The smallest absolute Gasteiger partial charge is 0.136 e. The molecule has 2 aromatic rings. The van der Waals surface area contributed by atoms with Gasteiger partial charge in [-0.2, -0.15) is 0 Å². The molecule has 2 aromatic carbocycles. The summed E-state index contributed by atoms with van der Waals surface area (Å²) in [5.74, 6) is 16.5. The number of rotatable bonds is 48. The zero-order valence-electron chi connectivity index (χ0n) is 48.4. The van der Waals surface area contributed by atoms with Crippen LogP contribution in [0.2, 0.25) is 0 Å². The summed E-state index contributed by atoms with van der Waals surface area (Å²) in [6.07, 6.45) is 51.3. The Kier molecular flexibility index (Phi) is 42.6. The third-order valence-electron chi connectivity index (χ3n) is 14.0. The first-order valence-corrected chi connectivity index (χ1v) is 32.1. The van der Waals surface area contributed by atoms with Crippen molar-refractivity contribution >= 4 is 22.6 Å². The standard InChI is InChI=1S/C67H111IO5/c1-7-11-15-19-23-27-31-35-39-43-51-70-63-56-61(49-50-67(5,6)69)64(71-52-44-40-36-32-28-24-20-16-12-8-2)55-59(63)47-48-60-57-66(73-54-46-42-38-34-30-26-22-18-14-10-4)62(68)58-65(60)72-53-45-41-37-33-29-25-21-17-13-9-3/h55-58,69H,7-46,51-54H2,1-6H3. The maximum atomic E-state index is 10.7. The van der Waals surface area contributed by atoms with Crippen LogP contribution >= 0.6 is 22.6 Å². The number of halogens is 1. The van der Waals surface area contributed by atoms with E-state index in [-0.39, 0.29) is 0 Å². The number of benzene rings is 2. The maximum Gasteiger partial charge on any atom is 0.136 e. The average molecular weight is 1120 g/mol. The molecule has 0 amide bonds. The minimum absolute atomic E-state index is 0.604. The zero-order valence-corrected chi connectivity index (χ0v) is 50.5. The molecule has 416 valence electrons. The van der Waals surface area contributed by atoms with Gasteiger partial charge in [-0.25, -0.2) is 0 Å². The van der Waals surface area contributed by atoms with E-state index in [1.807, 2.05) is 12.1 Å². The summed E-state index contributed by atoms with van der Waals surface area (Å²) in [6, 6.07) is 8.22. The van der Waals surface area contributed by atoms with E-state index in [2.05, 4.69) is 86.1 Å². The van der Waals surface area contributed by atoms with Gasteiger partial charge in [0.05, 0.1) is 46.7 Å². The summed E-state index contributed by atoms with van der Waals surface area (Å²) < 4.78 is 27.3. The lowest BCUT2D eigenvalue weighted by Crippen LogP contribution is -2.14. The molecule has 0 aliphatic rings. The van der Waals surface area contributed by atoms with Crippen LogP contribution in [-0.4, -0.2) is 37.1 Å². The Bertz CT molecular complexity index is 1740. The third-order valence-corrected chi connectivity index (χ3v) is 14.8. The maximum absolute atomic E-state index is 10.7. The monoisotopic (exact) mass is 1120 g/mol. The average Bonchev–Trinajstić information content (AvgIpc) is 3.37. The van der Waals surface area contributed by atoms with Gasteiger partial charge in [-0.15, -0.1) is 0 Å². The number of aliphatic hydroxyl groups is 1. The molecule has 0 radical (unpaired) electrons. The second-order valence-electron chi connectivity index (χ2n) is 21.8. The summed E-state index contributed by atoms with van der Waals surface area (Å²) in [4.78, 5) is 0. The molecule has 0 unspecified atom stereocenters. The molecule has 0 bridgehead atoms. The highest BCUT2D eigenvalue weighted by molar-refractivity contribution is 14.1. The SMILES string of the molecule is CCCCCCCCCCCCOc1cc(C#Cc2cc(OCCCCCCCCCCCC)c(C#CC(C)(C)O)cc2OCCCCCCCCCCCC)c(OCCCCCCCCCCCC)cc1I. The van der Waals surface area contributed by atoms with Gasteiger partial charge in [-0.1, -0.05) is 283 Å². The van der Waals surface area contributed by atoms with Gasteiger partial charge in [-0.3, -0.25) is 0 Å². The zero-order chi connectivity index (χ0) is 52.7. The number of hydrogen-bond acceptors (Lipinski definition) is 5. The van der Waals surface area contributed by atoms with Crippen LogP contribution in [0.15, 0.2) is 24.3 Å². The Balaban J connectivity index is 2.35. The predicted molar refractivity (Wildman–Crippen MR) is 324 cm³/mol. The molecule has 1 N–H and O–H groups in total. The fourth-order valence-electron chi connectivity index (χ4n) is 9.30. The molecule has 0 heterocycles. The van der Waals surface area contributed by atoms with Gasteiger partial charge >= 0.3 is 0 Å². The van der Waals surface area contributed by atoms with Gasteiger partial charge in [-0.05, 0) is 68.2 Å². The van der Waals surface area contributed by atoms with Crippen molar-refractivity contribution in [3.8, 4) is 46.7 Å². The summed E-state index contributed by atoms with van der Waals surface area (Å²) in [7, 11) is 0. The van der Waals surface area contributed by atoms with E-state index in [4.69, 9.17) is 18.9 Å². The Hall–Kier alpha value is -2.55. The Morgan fingerprint density at radius 2 is 0.548 bits per heavy atom. The van der Waals surface area contributed by atoms with Gasteiger partial charge in [0.1, 0.15) is 28.6 Å². The lowest BCUT2D eigenvalue weighted by Gasteiger charge is -2.15. The van der Waals surface area contributed by atoms with E-state index in [1.54, 1.807) is 13.8 Å². The van der Waals surface area contributed by atoms with Crippen molar-refractivity contribution in [3.05, 3.63) is 44.5 Å². The van der Waals surface area contributed by atoms with Crippen LogP contribution in [-0.2, 0) is 0 Å². The van der Waals surface area contributed by atoms with Crippen molar-refractivity contribution in [2.24, 2.45) is 0 Å². The highest BCUT2D eigenvalue weighted by Crippen LogP contribution is 2.33. The second-order valence-corrected chi connectivity index (χ2v) is 23.0. The first kappa shape index (κ1) is 66.6. The van der Waals surface area contributed by atoms with Crippen LogP contribution in [0.4, 0.5) is 0 Å². The Morgan fingerprint density at radius 1 is 0.329 bits per heavy atom. The molecule has 0 spiro atoms. The Morgan fingerprint density at radius 3 is 0.822 bits per heavy atom. The van der Waals surface area contributed by atoms with Crippen molar-refractivity contribution in [2.75, 3.05) is 26.4 Å². The molecular weight excluding hydrogens is 1010 g/mol. The van der Waals surface area contributed by atoms with Crippen molar-refractivity contribution in [1.82, 2.24) is 0 Å². The number of ether oxygens (including phenoxy) is 4. The van der Waals surface area contributed by atoms with E-state index >= 15 is 0 Å². The molecule has 0 saturated heterocycles. The normalized spacial score (nSPS) is 11.3. The summed E-state index contributed by atoms with van der Waals surface area (Å²) in [6.45, 7) is 15.2. The van der Waals surface area contributed by atoms with Gasteiger partial charge < -0.3 is 24.1 Å². The van der Waals surface area contributed by atoms with Gasteiger partial charge in [0.25, 0.3) is 0 Å². The number of unbranched alkanes of at least 4 members (excludes halogenated alkanes) is 36. The summed E-state index contributed by atoms with van der Waals surface area (Å²) in [5.41, 5.74) is 1.16. The predicted octanol–water partition coefficient (Wildman–Crippen LogP) is 21.0. The van der Waals surface area contributed by atoms with Gasteiger partial charge in [0.2, 0.25) is 0 Å². The Labute approximate surface area is 465 Å². The van der Waals surface area contributed by atoms with Crippen molar-refractivity contribution in [2.45, 2.75) is 304 Å². The van der Waals surface area contributed by atoms with Crippen LogP contribution in [0, 0.1) is 27.3 Å². The fraction of sp³-hybridized carbons (Fsp3) is 0.761. The highest BCUT2D eigenvalue weighted by atomic mass is 127. The van der Waals surface area contributed by atoms with E-state index in [0.717, 1.165) is 70.3 Å². The van der Waals surface area contributed by atoms with E-state index < -0.39 is 5.60 Å². The van der Waals surface area contributed by atoms with E-state index in [0.29, 0.717) is 37.9 Å². The van der Waals surface area contributed by atoms with E-state index in [1.165, 1.54) is 218 Å². The molecule has 6 heteroatoms. The minimum Gasteiger partial charge on any atom is -0.492 e. The lowest BCUT2D eigenvalue weighted by molar-refractivity contribution is 0.143. The highest BCUT2D eigenvalue weighted by Gasteiger charge is 2.15. The molecule has 73 heavy (non-hydrogen) atoms. The molecule has 0 saturated carbocycles. The van der Waals surface area contributed by atoms with Gasteiger partial charge in [0, 0.05) is 18.2 Å². The molecule has 0 atom stereocenters. The quantitative estimate of drug-likeness (QED) is 0.0407. The topological polar surface area (TPSA) is 57.2 Å². The van der Waals surface area contributed by atoms with Crippen LogP contribution in [0.25, 0.3) is 0 Å².